The summed E-state index contributed by atoms with van der Waals surface area (Å²) in [5, 5.41) is 7.10. The zero-order valence-corrected chi connectivity index (χ0v) is 12.5. The highest BCUT2D eigenvalue weighted by atomic mass is 32.1. The molecule has 1 saturated heterocycles. The van der Waals surface area contributed by atoms with Crippen LogP contribution in [0.2, 0.25) is 0 Å². The summed E-state index contributed by atoms with van der Waals surface area (Å²) in [5.74, 6) is 0.107. The Hall–Kier alpha value is -1.69. The van der Waals surface area contributed by atoms with Crippen molar-refractivity contribution in [1.29, 1.82) is 0 Å². The number of piperidine rings is 1. The predicted molar refractivity (Wildman–Crippen MR) is 77.9 cm³/mol. The summed E-state index contributed by atoms with van der Waals surface area (Å²) in [4.78, 5) is 19.5. The summed E-state index contributed by atoms with van der Waals surface area (Å²) in [7, 11) is 0. The van der Waals surface area contributed by atoms with E-state index in [4.69, 9.17) is 0 Å². The van der Waals surface area contributed by atoms with Crippen molar-refractivity contribution in [2.24, 2.45) is 0 Å². The minimum atomic E-state index is -0.0387. The van der Waals surface area contributed by atoms with Gasteiger partial charge in [-0.2, -0.15) is 5.10 Å². The quantitative estimate of drug-likeness (QED) is 0.923. The average Bonchev–Trinajstić information content (AvgIpc) is 3.09. The number of likely N-dealkylation sites (tertiary alicyclic amines) is 1. The van der Waals surface area contributed by atoms with Gasteiger partial charge in [0.05, 0.1) is 11.2 Å². The molecule has 0 aliphatic carbocycles. The second-order valence-electron chi connectivity index (χ2n) is 5.63. The Kier molecular flexibility index (Phi) is 3.33. The fraction of sp³-hybridized carbons (Fsp3) is 0.500. The van der Waals surface area contributed by atoms with Gasteiger partial charge < -0.3 is 4.90 Å². The molecule has 3 rings (SSSR count). The smallest absolute Gasteiger partial charge is 0.265 e. The van der Waals surface area contributed by atoms with Crippen LogP contribution in [-0.2, 0) is 5.41 Å². The molecule has 1 aliphatic heterocycles. The molecule has 20 heavy (non-hydrogen) atoms. The Balaban J connectivity index is 1.82. The van der Waals surface area contributed by atoms with Crippen LogP contribution in [0.4, 0.5) is 0 Å². The lowest BCUT2D eigenvalue weighted by molar-refractivity contribution is 0.0651. The molecule has 3 heterocycles. The topological polar surface area (TPSA) is 61.9 Å². The normalized spacial score (nSPS) is 23.0. The van der Waals surface area contributed by atoms with E-state index in [0.717, 1.165) is 42.2 Å². The lowest BCUT2D eigenvalue weighted by Crippen LogP contribution is -2.47. The lowest BCUT2D eigenvalue weighted by Gasteiger charge is -2.39. The maximum absolute atomic E-state index is 12.6. The summed E-state index contributed by atoms with van der Waals surface area (Å²) in [6.07, 6.45) is 3.86. The van der Waals surface area contributed by atoms with Gasteiger partial charge in [0.25, 0.3) is 5.91 Å². The van der Waals surface area contributed by atoms with Crippen molar-refractivity contribution in [3.05, 3.63) is 34.0 Å². The number of rotatable bonds is 2. The van der Waals surface area contributed by atoms with Gasteiger partial charge in [-0.15, -0.1) is 11.3 Å². The molecule has 1 N–H and O–H groups in total. The number of amides is 1. The first kappa shape index (κ1) is 13.3. The summed E-state index contributed by atoms with van der Waals surface area (Å²) in [6.45, 7) is 5.63. The van der Waals surface area contributed by atoms with E-state index in [1.54, 1.807) is 11.7 Å². The Morgan fingerprint density at radius 3 is 3.05 bits per heavy atom. The monoisotopic (exact) mass is 290 g/mol. The SMILES string of the molecule is Cc1ncsc1C(=O)N1CCCC(C)(c2ccn[nH]2)C1. The van der Waals surface area contributed by atoms with E-state index in [2.05, 4.69) is 22.1 Å². The number of hydrogen-bond donors (Lipinski definition) is 1. The Labute approximate surface area is 122 Å². The number of aromatic amines is 1. The van der Waals surface area contributed by atoms with Gasteiger partial charge in [-0.1, -0.05) is 6.92 Å². The first-order chi connectivity index (χ1) is 9.60. The molecule has 106 valence electrons. The molecule has 0 spiro atoms. The molecule has 0 bridgehead atoms. The van der Waals surface area contributed by atoms with E-state index >= 15 is 0 Å². The number of thiazole rings is 1. The Morgan fingerprint density at radius 2 is 2.40 bits per heavy atom. The Bertz CT molecular complexity index is 606. The highest BCUT2D eigenvalue weighted by Gasteiger charge is 2.36. The standard InChI is InChI=1S/C14H18N4OS/c1-10-12(20-9-15-10)13(19)18-7-3-5-14(2,8-18)11-4-6-16-17-11/h4,6,9H,3,5,7-8H2,1-2H3,(H,16,17). The van der Waals surface area contributed by atoms with Crippen molar-refractivity contribution >= 4 is 17.2 Å². The average molecular weight is 290 g/mol. The largest absolute Gasteiger partial charge is 0.337 e. The van der Waals surface area contributed by atoms with Crippen molar-refractivity contribution in [2.75, 3.05) is 13.1 Å². The van der Waals surface area contributed by atoms with Crippen molar-refractivity contribution in [3.63, 3.8) is 0 Å². The summed E-state index contributed by atoms with van der Waals surface area (Å²) < 4.78 is 0. The number of aryl methyl sites for hydroxylation is 1. The second-order valence-corrected chi connectivity index (χ2v) is 6.48. The van der Waals surface area contributed by atoms with E-state index < -0.39 is 0 Å². The number of aromatic nitrogens is 3. The van der Waals surface area contributed by atoms with Gasteiger partial charge >= 0.3 is 0 Å². The van der Waals surface area contributed by atoms with Gasteiger partial charge in [-0.05, 0) is 25.8 Å². The minimum Gasteiger partial charge on any atom is -0.337 e. The predicted octanol–water partition coefficient (Wildman–Crippen LogP) is 2.37. The van der Waals surface area contributed by atoms with Crippen LogP contribution >= 0.6 is 11.3 Å². The van der Waals surface area contributed by atoms with Gasteiger partial charge in [0, 0.05) is 30.4 Å². The van der Waals surface area contributed by atoms with Crippen LogP contribution in [0, 0.1) is 6.92 Å². The number of carbonyl (C=O) groups is 1. The van der Waals surface area contributed by atoms with Crippen LogP contribution in [0.3, 0.4) is 0 Å². The molecule has 1 aliphatic rings. The third-order valence-corrected chi connectivity index (χ3v) is 4.99. The fourth-order valence-electron chi connectivity index (χ4n) is 2.88. The van der Waals surface area contributed by atoms with Crippen LogP contribution < -0.4 is 0 Å². The van der Waals surface area contributed by atoms with Crippen molar-refractivity contribution in [1.82, 2.24) is 20.1 Å². The fourth-order valence-corrected chi connectivity index (χ4v) is 3.64. The van der Waals surface area contributed by atoms with Crippen molar-refractivity contribution < 1.29 is 4.79 Å². The molecular weight excluding hydrogens is 272 g/mol. The van der Waals surface area contributed by atoms with E-state index in [1.807, 2.05) is 17.9 Å². The summed E-state index contributed by atoms with van der Waals surface area (Å²) in [6, 6.07) is 2.01. The van der Waals surface area contributed by atoms with Gasteiger partial charge in [0.1, 0.15) is 4.88 Å². The van der Waals surface area contributed by atoms with Gasteiger partial charge in [0.2, 0.25) is 0 Å². The second kappa shape index (κ2) is 5.01. The van der Waals surface area contributed by atoms with Gasteiger partial charge in [-0.3, -0.25) is 9.89 Å². The highest BCUT2D eigenvalue weighted by molar-refractivity contribution is 7.11. The first-order valence-corrected chi connectivity index (χ1v) is 7.67. The minimum absolute atomic E-state index is 0.0387. The number of H-pyrrole nitrogens is 1. The first-order valence-electron chi connectivity index (χ1n) is 6.79. The zero-order chi connectivity index (χ0) is 14.2. The molecule has 0 radical (unpaired) electrons. The third-order valence-electron chi connectivity index (χ3n) is 4.07. The molecule has 6 heteroatoms. The molecule has 2 aromatic rings. The third kappa shape index (κ3) is 2.24. The van der Waals surface area contributed by atoms with E-state index in [0.29, 0.717) is 0 Å². The molecule has 0 aromatic carbocycles. The molecule has 2 aromatic heterocycles. The van der Waals surface area contributed by atoms with E-state index in [-0.39, 0.29) is 11.3 Å². The lowest BCUT2D eigenvalue weighted by atomic mass is 9.79. The summed E-state index contributed by atoms with van der Waals surface area (Å²) in [5.41, 5.74) is 3.63. The molecule has 1 unspecified atom stereocenters. The maximum atomic E-state index is 12.6. The highest BCUT2D eigenvalue weighted by Crippen LogP contribution is 2.33. The molecule has 1 fully saturated rings. The molecule has 1 atom stereocenters. The number of hydrogen-bond acceptors (Lipinski definition) is 4. The van der Waals surface area contributed by atoms with Gasteiger partial charge in [-0.25, -0.2) is 4.98 Å². The van der Waals surface area contributed by atoms with Crippen LogP contribution in [0.5, 0.6) is 0 Å². The van der Waals surface area contributed by atoms with Gasteiger partial charge in [0.15, 0.2) is 0 Å². The van der Waals surface area contributed by atoms with Crippen molar-refractivity contribution in [2.45, 2.75) is 32.1 Å². The van der Waals surface area contributed by atoms with Crippen LogP contribution in [-0.4, -0.2) is 39.1 Å². The van der Waals surface area contributed by atoms with Crippen LogP contribution in [0.1, 0.15) is 40.8 Å². The maximum Gasteiger partial charge on any atom is 0.265 e. The van der Waals surface area contributed by atoms with E-state index in [1.165, 1.54) is 11.3 Å². The number of nitrogens with one attached hydrogen (secondary N) is 1. The van der Waals surface area contributed by atoms with E-state index in [9.17, 15) is 4.79 Å². The Morgan fingerprint density at radius 1 is 1.55 bits per heavy atom. The summed E-state index contributed by atoms with van der Waals surface area (Å²) >= 11 is 1.43. The molecule has 1 amide bonds. The molecule has 5 nitrogen and oxygen atoms in total. The molecule has 0 saturated carbocycles. The molecular formula is C14H18N4OS. The van der Waals surface area contributed by atoms with Crippen molar-refractivity contribution in [3.8, 4) is 0 Å². The van der Waals surface area contributed by atoms with Crippen LogP contribution in [0.25, 0.3) is 0 Å². The van der Waals surface area contributed by atoms with Crippen LogP contribution in [0.15, 0.2) is 17.8 Å². The zero-order valence-electron chi connectivity index (χ0n) is 11.7. The number of carbonyl (C=O) groups excluding carboxylic acids is 1. The number of nitrogens with zero attached hydrogens (tertiary/aromatic N) is 3.